The summed E-state index contributed by atoms with van der Waals surface area (Å²) in [6.45, 7) is 5.17. The molecule has 0 atom stereocenters. The molecule has 0 aliphatic rings. The van der Waals surface area contributed by atoms with Crippen molar-refractivity contribution in [2.45, 2.75) is 20.8 Å². The summed E-state index contributed by atoms with van der Waals surface area (Å²) in [5.41, 5.74) is 2.59. The van der Waals surface area contributed by atoms with Crippen LogP contribution in [0.3, 0.4) is 0 Å². The lowest BCUT2D eigenvalue weighted by molar-refractivity contribution is 0.101. The molecule has 0 aliphatic carbocycles. The van der Waals surface area contributed by atoms with E-state index >= 15 is 0 Å². The van der Waals surface area contributed by atoms with Crippen molar-refractivity contribution < 1.29 is 4.79 Å². The molecule has 4 heteroatoms. The number of pyridine rings is 1. The highest BCUT2D eigenvalue weighted by atomic mass is 35.5. The lowest BCUT2D eigenvalue weighted by Crippen LogP contribution is -2.17. The van der Waals surface area contributed by atoms with Gasteiger partial charge in [-0.1, -0.05) is 17.7 Å². The van der Waals surface area contributed by atoms with Crippen LogP contribution in [0.15, 0.2) is 35.3 Å². The van der Waals surface area contributed by atoms with Crippen molar-refractivity contribution in [3.05, 3.63) is 62.5 Å². The number of nitrogens with zero attached hydrogens (tertiary/aromatic N) is 1. The quantitative estimate of drug-likeness (QED) is 0.789. The second kappa shape index (κ2) is 5.02. The second-order valence-electron chi connectivity index (χ2n) is 4.55. The summed E-state index contributed by atoms with van der Waals surface area (Å²) in [6.07, 6.45) is 1.58. The summed E-state index contributed by atoms with van der Waals surface area (Å²) in [7, 11) is 0. The summed E-state index contributed by atoms with van der Waals surface area (Å²) in [5, 5.41) is 0.614. The van der Waals surface area contributed by atoms with Gasteiger partial charge in [-0.15, -0.1) is 0 Å². The molecule has 0 N–H and O–H groups in total. The molecule has 1 aromatic carbocycles. The Morgan fingerprint density at radius 2 is 1.89 bits per heavy atom. The zero-order chi connectivity index (χ0) is 14.2. The number of halogens is 1. The maximum Gasteiger partial charge on any atom is 0.192 e. The highest BCUT2D eigenvalue weighted by Crippen LogP contribution is 2.20. The summed E-state index contributed by atoms with van der Waals surface area (Å²) >= 11 is 6.01. The predicted octanol–water partition coefficient (Wildman–Crippen LogP) is 3.31. The number of aryl methyl sites for hydroxylation is 2. The van der Waals surface area contributed by atoms with Crippen LogP contribution in [0.4, 0.5) is 0 Å². The number of carbonyl (C=O) groups excluding carboxylic acids is 1. The number of rotatable bonds is 2. The van der Waals surface area contributed by atoms with Gasteiger partial charge in [0.25, 0.3) is 0 Å². The number of Topliss-reactive ketones (excluding diaryl/α,β-unsaturated/α-hetero) is 1. The van der Waals surface area contributed by atoms with Gasteiger partial charge in [-0.25, -0.2) is 0 Å². The first-order valence-electron chi connectivity index (χ1n) is 5.91. The fourth-order valence-electron chi connectivity index (χ4n) is 2.00. The molecule has 2 aromatic rings. The molecule has 0 aliphatic heterocycles. The molecule has 0 unspecified atom stereocenters. The Hall–Kier alpha value is -1.87. The van der Waals surface area contributed by atoms with Crippen molar-refractivity contribution >= 4 is 17.4 Å². The Bertz CT molecular complexity index is 717. The van der Waals surface area contributed by atoms with Crippen molar-refractivity contribution in [2.75, 3.05) is 0 Å². The fraction of sp³-hybridized carbons (Fsp3) is 0.200. The van der Waals surface area contributed by atoms with Gasteiger partial charge in [-0.05, 0) is 38.5 Å². The largest absolute Gasteiger partial charge is 0.320 e. The van der Waals surface area contributed by atoms with Crippen molar-refractivity contribution in [3.63, 3.8) is 0 Å². The van der Waals surface area contributed by atoms with Crippen LogP contribution >= 0.6 is 11.6 Å². The third-order valence-corrected chi connectivity index (χ3v) is 3.29. The van der Waals surface area contributed by atoms with Crippen LogP contribution in [0, 0.1) is 13.8 Å². The maximum absolute atomic E-state index is 11.8. The normalized spacial score (nSPS) is 10.5. The Balaban J connectivity index is 2.75. The summed E-state index contributed by atoms with van der Waals surface area (Å²) in [6, 6.07) is 7.00. The molecule has 3 nitrogen and oxygen atoms in total. The molecule has 0 amide bonds. The molecule has 0 saturated heterocycles. The standard InChI is InChI=1S/C15H14ClNO2/c1-9-4-5-12(16)7-14(9)17-8-13(11(3)18)15(19)6-10(17)2/h4-8H,1-3H3. The van der Waals surface area contributed by atoms with Crippen LogP contribution < -0.4 is 5.43 Å². The highest BCUT2D eigenvalue weighted by molar-refractivity contribution is 6.30. The average molecular weight is 276 g/mol. The van der Waals surface area contributed by atoms with Crippen LogP contribution in [-0.4, -0.2) is 10.4 Å². The van der Waals surface area contributed by atoms with Crippen molar-refractivity contribution in [1.82, 2.24) is 4.57 Å². The number of aromatic nitrogens is 1. The van der Waals surface area contributed by atoms with E-state index in [1.54, 1.807) is 6.20 Å². The molecule has 0 fully saturated rings. The molecule has 19 heavy (non-hydrogen) atoms. The lowest BCUT2D eigenvalue weighted by atomic mass is 10.1. The maximum atomic E-state index is 11.8. The SMILES string of the molecule is CC(=O)c1cn(-c2cc(Cl)ccc2C)c(C)cc1=O. The molecule has 98 valence electrons. The Kier molecular flexibility index (Phi) is 3.58. The van der Waals surface area contributed by atoms with Crippen LogP contribution in [0.2, 0.25) is 5.02 Å². The molecule has 2 rings (SSSR count). The van der Waals surface area contributed by atoms with Crippen LogP contribution in [-0.2, 0) is 0 Å². The lowest BCUT2D eigenvalue weighted by Gasteiger charge is -2.14. The topological polar surface area (TPSA) is 39.1 Å². The summed E-state index contributed by atoms with van der Waals surface area (Å²) < 4.78 is 1.82. The van der Waals surface area contributed by atoms with E-state index < -0.39 is 0 Å². The van der Waals surface area contributed by atoms with Gasteiger partial charge in [0.1, 0.15) is 0 Å². The summed E-state index contributed by atoms with van der Waals surface area (Å²) in [4.78, 5) is 23.2. The first-order valence-corrected chi connectivity index (χ1v) is 6.28. The van der Waals surface area contributed by atoms with Gasteiger partial charge in [0.2, 0.25) is 0 Å². The number of ketones is 1. The zero-order valence-corrected chi connectivity index (χ0v) is 11.8. The van der Waals surface area contributed by atoms with Gasteiger partial charge in [0.05, 0.1) is 5.56 Å². The molecule has 0 spiro atoms. The van der Waals surface area contributed by atoms with Crippen molar-refractivity contribution in [1.29, 1.82) is 0 Å². The molecule has 1 heterocycles. The smallest absolute Gasteiger partial charge is 0.192 e. The number of hydrogen-bond donors (Lipinski definition) is 0. The molecule has 0 bridgehead atoms. The average Bonchev–Trinajstić information content (AvgIpc) is 2.32. The third kappa shape index (κ3) is 2.61. The Morgan fingerprint density at radius 1 is 1.21 bits per heavy atom. The first kappa shape index (κ1) is 13.6. The number of carbonyl (C=O) groups is 1. The number of hydrogen-bond acceptors (Lipinski definition) is 2. The monoisotopic (exact) mass is 275 g/mol. The Labute approximate surface area is 116 Å². The molecular weight excluding hydrogens is 262 g/mol. The van der Waals surface area contributed by atoms with Gasteiger partial charge in [-0.3, -0.25) is 9.59 Å². The first-order chi connectivity index (χ1) is 8.90. The van der Waals surface area contributed by atoms with E-state index in [2.05, 4.69) is 0 Å². The van der Waals surface area contributed by atoms with Gasteiger partial charge in [0.15, 0.2) is 11.2 Å². The van der Waals surface area contributed by atoms with Crippen molar-refractivity contribution in [3.8, 4) is 5.69 Å². The van der Waals surface area contributed by atoms with Gasteiger partial charge in [0, 0.05) is 28.7 Å². The third-order valence-electron chi connectivity index (χ3n) is 3.05. The van der Waals surface area contributed by atoms with Crippen LogP contribution in [0.25, 0.3) is 5.69 Å². The van der Waals surface area contributed by atoms with E-state index in [0.29, 0.717) is 5.02 Å². The second-order valence-corrected chi connectivity index (χ2v) is 4.99. The van der Waals surface area contributed by atoms with E-state index in [4.69, 9.17) is 11.6 Å². The van der Waals surface area contributed by atoms with Gasteiger partial charge >= 0.3 is 0 Å². The minimum absolute atomic E-state index is 0.185. The van der Waals surface area contributed by atoms with Crippen LogP contribution in [0.1, 0.15) is 28.5 Å². The van der Waals surface area contributed by atoms with E-state index in [9.17, 15) is 9.59 Å². The zero-order valence-electron chi connectivity index (χ0n) is 11.0. The van der Waals surface area contributed by atoms with Gasteiger partial charge in [-0.2, -0.15) is 0 Å². The predicted molar refractivity (Wildman–Crippen MR) is 76.5 cm³/mol. The summed E-state index contributed by atoms with van der Waals surface area (Å²) in [5.74, 6) is -0.238. The van der Waals surface area contributed by atoms with E-state index in [1.165, 1.54) is 13.0 Å². The molecule has 1 aromatic heterocycles. The number of benzene rings is 1. The minimum atomic E-state index is -0.249. The van der Waals surface area contributed by atoms with E-state index in [-0.39, 0.29) is 16.8 Å². The van der Waals surface area contributed by atoms with Gasteiger partial charge < -0.3 is 4.57 Å². The van der Waals surface area contributed by atoms with Crippen molar-refractivity contribution in [2.24, 2.45) is 0 Å². The Morgan fingerprint density at radius 3 is 2.53 bits per heavy atom. The molecule has 0 radical (unpaired) electrons. The highest BCUT2D eigenvalue weighted by Gasteiger charge is 2.10. The van der Waals surface area contributed by atoms with Crippen LogP contribution in [0.5, 0.6) is 0 Å². The molecule has 0 saturated carbocycles. The molecular formula is C15H14ClNO2. The minimum Gasteiger partial charge on any atom is -0.320 e. The fourth-order valence-corrected chi connectivity index (χ4v) is 2.16. The van der Waals surface area contributed by atoms with E-state index in [0.717, 1.165) is 16.9 Å². The van der Waals surface area contributed by atoms with E-state index in [1.807, 2.05) is 36.6 Å².